The van der Waals surface area contributed by atoms with E-state index in [0.717, 1.165) is 0 Å². The Morgan fingerprint density at radius 2 is 2.05 bits per heavy atom. The lowest BCUT2D eigenvalue weighted by Gasteiger charge is -2.10. The van der Waals surface area contributed by atoms with Gasteiger partial charge in [-0.25, -0.2) is 18.4 Å². The van der Waals surface area contributed by atoms with Crippen molar-refractivity contribution in [1.82, 2.24) is 9.97 Å². The number of sulfonamides is 1. The highest BCUT2D eigenvalue weighted by Gasteiger charge is 2.19. The minimum absolute atomic E-state index is 0.00571. The zero-order valence-corrected chi connectivity index (χ0v) is 12.5. The Labute approximate surface area is 125 Å². The van der Waals surface area contributed by atoms with Crippen LogP contribution in [0.25, 0.3) is 0 Å². The third-order valence-corrected chi connectivity index (χ3v) is 3.99. The Balaban J connectivity index is 2.40. The monoisotopic (exact) mass is 333 g/mol. The molecule has 6 nitrogen and oxygen atoms in total. The van der Waals surface area contributed by atoms with Gasteiger partial charge in [0.1, 0.15) is 5.15 Å². The lowest BCUT2D eigenvalue weighted by atomic mass is 10.4. The summed E-state index contributed by atoms with van der Waals surface area (Å²) in [6.45, 7) is 0. The molecule has 0 amide bonds. The zero-order valence-electron chi connectivity index (χ0n) is 10.2. The van der Waals surface area contributed by atoms with Crippen molar-refractivity contribution in [2.75, 3.05) is 11.8 Å². The number of halogens is 2. The maximum atomic E-state index is 12.2. The second-order valence-corrected chi connectivity index (χ2v) is 6.12. The minimum Gasteiger partial charge on any atom is -0.478 e. The maximum Gasteiger partial charge on any atom is 0.263 e. The first-order valence-corrected chi connectivity index (χ1v) is 7.51. The molecular weight excluding hydrogens is 325 g/mol. The van der Waals surface area contributed by atoms with Crippen LogP contribution in [0.4, 0.5) is 5.82 Å². The van der Waals surface area contributed by atoms with Crippen LogP contribution in [0.5, 0.6) is 5.88 Å². The van der Waals surface area contributed by atoms with Gasteiger partial charge in [0.05, 0.1) is 18.2 Å². The molecular formula is C11H9Cl2N3O3S. The van der Waals surface area contributed by atoms with E-state index in [1.807, 2.05) is 0 Å². The van der Waals surface area contributed by atoms with E-state index in [1.165, 1.54) is 31.5 Å². The molecule has 0 unspecified atom stereocenters. The molecule has 0 bridgehead atoms. The molecule has 0 radical (unpaired) electrons. The third kappa shape index (κ3) is 3.30. The summed E-state index contributed by atoms with van der Waals surface area (Å²) >= 11 is 11.5. The van der Waals surface area contributed by atoms with E-state index in [-0.39, 0.29) is 21.7 Å². The Morgan fingerprint density at radius 1 is 1.30 bits per heavy atom. The molecule has 1 N–H and O–H groups in total. The largest absolute Gasteiger partial charge is 0.478 e. The molecule has 1 heterocycles. The number of benzene rings is 1. The lowest BCUT2D eigenvalue weighted by molar-refractivity contribution is 0.398. The summed E-state index contributed by atoms with van der Waals surface area (Å²) in [5.41, 5.74) is 0. The average molecular weight is 334 g/mol. The molecule has 0 aliphatic rings. The Hall–Kier alpha value is -1.57. The van der Waals surface area contributed by atoms with E-state index in [4.69, 9.17) is 27.9 Å². The summed E-state index contributed by atoms with van der Waals surface area (Å²) in [6, 6.07) is 5.81. The number of anilines is 1. The quantitative estimate of drug-likeness (QED) is 0.929. The predicted molar refractivity (Wildman–Crippen MR) is 75.9 cm³/mol. The van der Waals surface area contributed by atoms with Crippen LogP contribution in [0.2, 0.25) is 10.2 Å². The summed E-state index contributed by atoms with van der Waals surface area (Å²) in [4.78, 5) is 7.65. The van der Waals surface area contributed by atoms with Crippen LogP contribution in [0.15, 0.2) is 35.4 Å². The summed E-state index contributed by atoms with van der Waals surface area (Å²) in [6.07, 6.45) is 1.25. The van der Waals surface area contributed by atoms with Crippen LogP contribution in [-0.4, -0.2) is 25.5 Å². The molecule has 0 saturated carbocycles. The average Bonchev–Trinajstić information content (AvgIpc) is 2.38. The molecule has 2 aromatic rings. The second-order valence-electron chi connectivity index (χ2n) is 3.61. The number of nitrogens with zero attached hydrogens (tertiary/aromatic N) is 2. The summed E-state index contributed by atoms with van der Waals surface area (Å²) < 4.78 is 31.6. The lowest BCUT2D eigenvalue weighted by Crippen LogP contribution is -2.15. The highest BCUT2D eigenvalue weighted by Crippen LogP contribution is 2.24. The van der Waals surface area contributed by atoms with Crippen LogP contribution in [0, 0.1) is 0 Å². The van der Waals surface area contributed by atoms with Gasteiger partial charge in [0.2, 0.25) is 5.82 Å². The van der Waals surface area contributed by atoms with Gasteiger partial charge >= 0.3 is 0 Å². The zero-order chi connectivity index (χ0) is 14.8. The molecule has 0 atom stereocenters. The molecule has 0 aliphatic heterocycles. The molecule has 0 fully saturated rings. The molecule has 0 spiro atoms. The van der Waals surface area contributed by atoms with Crippen molar-refractivity contribution in [2.24, 2.45) is 0 Å². The van der Waals surface area contributed by atoms with Crippen LogP contribution in [0.1, 0.15) is 0 Å². The highest BCUT2D eigenvalue weighted by atomic mass is 35.5. The highest BCUT2D eigenvalue weighted by molar-refractivity contribution is 7.92. The normalized spacial score (nSPS) is 11.2. The van der Waals surface area contributed by atoms with Crippen molar-refractivity contribution in [2.45, 2.75) is 4.90 Å². The fourth-order valence-electron chi connectivity index (χ4n) is 1.39. The van der Waals surface area contributed by atoms with E-state index in [9.17, 15) is 8.42 Å². The fraction of sp³-hybridized carbons (Fsp3) is 0.0909. The van der Waals surface area contributed by atoms with Crippen molar-refractivity contribution < 1.29 is 13.2 Å². The van der Waals surface area contributed by atoms with Gasteiger partial charge in [-0.3, -0.25) is 4.72 Å². The SMILES string of the molecule is COc1ncc(Cl)nc1NS(=O)(=O)c1cccc(Cl)c1. The molecule has 1 aromatic carbocycles. The van der Waals surface area contributed by atoms with E-state index >= 15 is 0 Å². The minimum atomic E-state index is -3.86. The van der Waals surface area contributed by atoms with Gasteiger partial charge in [0.25, 0.3) is 15.9 Å². The van der Waals surface area contributed by atoms with Crippen LogP contribution in [0.3, 0.4) is 0 Å². The molecule has 2 rings (SSSR count). The summed E-state index contributed by atoms with van der Waals surface area (Å²) in [5, 5.41) is 0.339. The van der Waals surface area contributed by atoms with Gasteiger partial charge in [-0.05, 0) is 18.2 Å². The van der Waals surface area contributed by atoms with Crippen molar-refractivity contribution >= 4 is 39.0 Å². The molecule has 106 valence electrons. The number of rotatable bonds is 4. The number of hydrogen-bond donors (Lipinski definition) is 1. The molecule has 1 aromatic heterocycles. The van der Waals surface area contributed by atoms with Crippen LogP contribution >= 0.6 is 23.2 Å². The Bertz CT molecular complexity index is 737. The first kappa shape index (κ1) is 14.8. The van der Waals surface area contributed by atoms with Crippen molar-refractivity contribution in [3.05, 3.63) is 40.6 Å². The van der Waals surface area contributed by atoms with Crippen molar-refractivity contribution in [1.29, 1.82) is 0 Å². The first-order valence-electron chi connectivity index (χ1n) is 5.27. The standard InChI is InChI=1S/C11H9Cl2N3O3S/c1-19-11-10(15-9(13)6-14-11)16-20(17,18)8-4-2-3-7(12)5-8/h2-6H,1H3,(H,15,16). The third-order valence-electron chi connectivity index (χ3n) is 2.24. The smallest absolute Gasteiger partial charge is 0.263 e. The van der Waals surface area contributed by atoms with Gasteiger partial charge < -0.3 is 4.74 Å². The number of aromatic nitrogens is 2. The number of ether oxygens (including phenoxy) is 1. The molecule has 0 aliphatic carbocycles. The van der Waals surface area contributed by atoms with Crippen LogP contribution in [-0.2, 0) is 10.0 Å². The molecule has 0 saturated heterocycles. The Morgan fingerprint density at radius 3 is 2.70 bits per heavy atom. The van der Waals surface area contributed by atoms with E-state index in [1.54, 1.807) is 6.07 Å². The topological polar surface area (TPSA) is 81.2 Å². The van der Waals surface area contributed by atoms with E-state index in [0.29, 0.717) is 5.02 Å². The van der Waals surface area contributed by atoms with Gasteiger partial charge in [0.15, 0.2) is 0 Å². The van der Waals surface area contributed by atoms with Gasteiger partial charge in [-0.2, -0.15) is 0 Å². The Kier molecular flexibility index (Phi) is 4.32. The van der Waals surface area contributed by atoms with Gasteiger partial charge in [0, 0.05) is 5.02 Å². The van der Waals surface area contributed by atoms with Gasteiger partial charge in [-0.15, -0.1) is 0 Å². The predicted octanol–water partition coefficient (Wildman–Crippen LogP) is 2.59. The number of methoxy groups -OCH3 is 1. The first-order chi connectivity index (χ1) is 9.42. The molecule has 9 heteroatoms. The van der Waals surface area contributed by atoms with Crippen molar-refractivity contribution in [3.8, 4) is 5.88 Å². The van der Waals surface area contributed by atoms with Gasteiger partial charge in [-0.1, -0.05) is 29.3 Å². The second kappa shape index (κ2) is 5.82. The number of nitrogens with one attached hydrogen (secondary N) is 1. The summed E-state index contributed by atoms with van der Waals surface area (Å²) in [7, 11) is -2.52. The summed E-state index contributed by atoms with van der Waals surface area (Å²) in [5.74, 6) is -0.0834. The van der Waals surface area contributed by atoms with E-state index in [2.05, 4.69) is 14.7 Å². The van der Waals surface area contributed by atoms with Crippen LogP contribution < -0.4 is 9.46 Å². The fourth-order valence-corrected chi connectivity index (χ4v) is 2.83. The number of hydrogen-bond acceptors (Lipinski definition) is 5. The van der Waals surface area contributed by atoms with E-state index < -0.39 is 10.0 Å². The van der Waals surface area contributed by atoms with Crippen molar-refractivity contribution in [3.63, 3.8) is 0 Å². The molecule has 20 heavy (non-hydrogen) atoms. The maximum absolute atomic E-state index is 12.2.